The molecule has 2 unspecified atom stereocenters. The predicted octanol–water partition coefficient (Wildman–Crippen LogP) is 3.62. The van der Waals surface area contributed by atoms with Gasteiger partial charge in [0.2, 0.25) is 5.60 Å². The van der Waals surface area contributed by atoms with Gasteiger partial charge in [0.15, 0.2) is 18.0 Å². The van der Waals surface area contributed by atoms with Crippen molar-refractivity contribution in [1.82, 2.24) is 24.6 Å². The van der Waals surface area contributed by atoms with Crippen LogP contribution in [0.15, 0.2) is 42.7 Å². The van der Waals surface area contributed by atoms with Gasteiger partial charge in [0, 0.05) is 19.7 Å². The van der Waals surface area contributed by atoms with Crippen LogP contribution in [-0.2, 0) is 42.4 Å². The fraction of sp³-hybridized carbons (Fsp3) is 0.514. The van der Waals surface area contributed by atoms with E-state index in [9.17, 15) is 29.0 Å². The first-order valence-electron chi connectivity index (χ1n) is 17.1. The zero-order valence-corrected chi connectivity index (χ0v) is 32.4. The first-order valence-corrected chi connectivity index (χ1v) is 18.7. The Kier molecular flexibility index (Phi) is 13.1. The van der Waals surface area contributed by atoms with Crippen LogP contribution in [0.4, 0.5) is 5.82 Å². The van der Waals surface area contributed by atoms with Crippen molar-refractivity contribution in [2.24, 2.45) is 11.8 Å². The van der Waals surface area contributed by atoms with Crippen molar-refractivity contribution in [3.8, 4) is 11.8 Å². The molecule has 1 saturated heterocycles. The molecule has 1 aromatic carbocycles. The van der Waals surface area contributed by atoms with E-state index in [-0.39, 0.29) is 23.2 Å². The Labute approximate surface area is 312 Å². The Bertz CT molecular complexity index is 1940. The quantitative estimate of drug-likeness (QED) is 0.127. The third-order valence-electron chi connectivity index (χ3n) is 8.06. The van der Waals surface area contributed by atoms with Crippen molar-refractivity contribution in [3.63, 3.8) is 0 Å². The minimum absolute atomic E-state index is 0.0368. The SMILES string of the molecule is CC(C)OC(=O)C(C)NP(=O)(OC[C@@]1(C#N)O[C@@H](c2ccc3c(N)ncnn23)[C@H](OC(=O)C(C)C)[C@@H]1OC(=O)C(C)C)Oc1ccc(C(=O)N(C)C)cc1. The summed E-state index contributed by atoms with van der Waals surface area (Å²) in [7, 11) is -1.53. The molecule has 19 heteroatoms. The number of nitriles is 1. The number of rotatable bonds is 15. The molecule has 6 atom stereocenters. The summed E-state index contributed by atoms with van der Waals surface area (Å²) in [5, 5.41) is 17.6. The van der Waals surface area contributed by atoms with E-state index in [0.29, 0.717) is 11.1 Å². The summed E-state index contributed by atoms with van der Waals surface area (Å²) in [5.74, 6) is -3.82. The molecule has 0 aliphatic carbocycles. The van der Waals surface area contributed by atoms with Gasteiger partial charge in [-0.1, -0.05) is 27.7 Å². The van der Waals surface area contributed by atoms with Gasteiger partial charge in [0.05, 0.1) is 23.6 Å². The largest absolute Gasteiger partial charge is 0.462 e. The number of nitrogens with one attached hydrogen (secondary N) is 1. The third-order valence-corrected chi connectivity index (χ3v) is 9.69. The summed E-state index contributed by atoms with van der Waals surface area (Å²) in [6.07, 6.45) is -3.77. The van der Waals surface area contributed by atoms with Gasteiger partial charge in [-0.15, -0.1) is 0 Å². The number of aromatic nitrogens is 3. The van der Waals surface area contributed by atoms with Gasteiger partial charge in [-0.2, -0.15) is 15.4 Å². The lowest BCUT2D eigenvalue weighted by molar-refractivity contribution is -0.173. The van der Waals surface area contributed by atoms with Crippen molar-refractivity contribution in [1.29, 1.82) is 5.26 Å². The Morgan fingerprint density at radius 2 is 1.63 bits per heavy atom. The van der Waals surface area contributed by atoms with Crippen molar-refractivity contribution in [3.05, 3.63) is 54.0 Å². The van der Waals surface area contributed by atoms with E-state index >= 15 is 0 Å². The van der Waals surface area contributed by atoms with E-state index in [0.717, 1.165) is 0 Å². The molecule has 2 aromatic heterocycles. The predicted molar refractivity (Wildman–Crippen MR) is 191 cm³/mol. The summed E-state index contributed by atoms with van der Waals surface area (Å²) in [6.45, 7) is 10.0. The van der Waals surface area contributed by atoms with E-state index < -0.39 is 80.2 Å². The number of hydrogen-bond acceptors (Lipinski definition) is 15. The third kappa shape index (κ3) is 9.34. The maximum Gasteiger partial charge on any atom is 0.459 e. The molecule has 292 valence electrons. The summed E-state index contributed by atoms with van der Waals surface area (Å²) >= 11 is 0. The Hall–Kier alpha value is -5.08. The number of nitrogens with two attached hydrogens (primary N) is 1. The molecule has 3 heterocycles. The van der Waals surface area contributed by atoms with Gasteiger partial charge in [-0.05, 0) is 57.2 Å². The molecule has 1 fully saturated rings. The zero-order chi connectivity index (χ0) is 40.1. The minimum Gasteiger partial charge on any atom is -0.462 e. The molecular weight excluding hydrogens is 725 g/mol. The van der Waals surface area contributed by atoms with Crippen LogP contribution < -0.4 is 15.3 Å². The van der Waals surface area contributed by atoms with E-state index in [2.05, 4.69) is 15.2 Å². The van der Waals surface area contributed by atoms with E-state index in [1.165, 1.54) is 46.9 Å². The van der Waals surface area contributed by atoms with Crippen molar-refractivity contribution < 1.29 is 51.7 Å². The maximum atomic E-state index is 14.6. The van der Waals surface area contributed by atoms with Gasteiger partial charge >= 0.3 is 25.7 Å². The van der Waals surface area contributed by atoms with Crippen molar-refractivity contribution in [2.75, 3.05) is 26.4 Å². The molecule has 4 rings (SSSR count). The van der Waals surface area contributed by atoms with Crippen LogP contribution in [0.1, 0.15) is 70.6 Å². The lowest BCUT2D eigenvalue weighted by Gasteiger charge is -2.31. The molecule has 18 nitrogen and oxygen atoms in total. The number of anilines is 1. The number of carbonyl (C=O) groups excluding carboxylic acids is 4. The zero-order valence-electron chi connectivity index (χ0n) is 31.5. The van der Waals surface area contributed by atoms with Crippen LogP contribution in [0.5, 0.6) is 5.75 Å². The summed E-state index contributed by atoms with van der Waals surface area (Å²) < 4.78 is 51.1. The molecule has 54 heavy (non-hydrogen) atoms. The van der Waals surface area contributed by atoms with Gasteiger partial charge in [-0.25, -0.2) is 14.1 Å². The molecule has 1 aliphatic rings. The first kappa shape index (κ1) is 41.7. The van der Waals surface area contributed by atoms with Gasteiger partial charge in [-0.3, -0.25) is 23.7 Å². The molecule has 0 radical (unpaired) electrons. The maximum absolute atomic E-state index is 14.6. The monoisotopic (exact) mass is 771 g/mol. The highest BCUT2D eigenvalue weighted by Crippen LogP contribution is 2.50. The van der Waals surface area contributed by atoms with Crippen molar-refractivity contribution in [2.45, 2.75) is 84.5 Å². The van der Waals surface area contributed by atoms with Gasteiger partial charge in [0.25, 0.3) is 5.91 Å². The van der Waals surface area contributed by atoms with Gasteiger partial charge in [0.1, 0.15) is 42.4 Å². The first-order chi connectivity index (χ1) is 25.3. The van der Waals surface area contributed by atoms with Crippen molar-refractivity contribution >= 4 is 42.9 Å². The van der Waals surface area contributed by atoms with Gasteiger partial charge < -0.3 is 34.1 Å². The number of carbonyl (C=O) groups is 4. The second kappa shape index (κ2) is 16.9. The van der Waals surface area contributed by atoms with Crippen LogP contribution in [0.3, 0.4) is 0 Å². The van der Waals surface area contributed by atoms with Crippen LogP contribution in [0, 0.1) is 23.2 Å². The number of esters is 3. The second-order valence-corrected chi connectivity index (χ2v) is 15.4. The lowest BCUT2D eigenvalue weighted by Crippen LogP contribution is -2.50. The van der Waals surface area contributed by atoms with E-state index in [1.54, 1.807) is 67.8 Å². The Balaban J connectivity index is 1.80. The molecule has 1 amide bonds. The fourth-order valence-corrected chi connectivity index (χ4v) is 6.73. The molecule has 0 saturated carbocycles. The molecular formula is C35H46N7O11P. The minimum atomic E-state index is -4.70. The van der Waals surface area contributed by atoms with Crippen LogP contribution in [0.2, 0.25) is 0 Å². The number of ether oxygens (including phenoxy) is 4. The number of hydrogen-bond donors (Lipinski definition) is 2. The summed E-state index contributed by atoms with van der Waals surface area (Å²) in [6, 6.07) is 9.51. The highest BCUT2D eigenvalue weighted by atomic mass is 31.2. The molecule has 3 N–H and O–H groups in total. The Morgan fingerprint density at radius 3 is 2.20 bits per heavy atom. The molecule has 0 bridgehead atoms. The molecule has 0 spiro atoms. The number of nitrogen functional groups attached to an aromatic ring is 1. The topological polar surface area (TPSA) is 236 Å². The molecule has 1 aliphatic heterocycles. The second-order valence-electron chi connectivity index (χ2n) is 13.7. The fourth-order valence-electron chi connectivity index (χ4n) is 5.21. The summed E-state index contributed by atoms with van der Waals surface area (Å²) in [5.41, 5.74) is 4.68. The number of nitrogens with zero attached hydrogens (tertiary/aromatic N) is 5. The van der Waals surface area contributed by atoms with Crippen LogP contribution in [0.25, 0.3) is 5.52 Å². The standard InChI is InChI=1S/C35H46N7O11P/c1-19(2)32(44)50-28-27(25-14-15-26-30(37)38-18-39-42(25)26)52-35(16-36,29(28)51-33(45)20(3)4)17-48-54(47,40-22(7)34(46)49-21(5)6)53-24-12-10-23(11-13-24)31(43)41(8)9/h10-15,18-22,27-29H,17H2,1-9H3,(H,40,47)(H2,37,38,39)/t22?,27-,28-,29-,35+,54?/m0/s1. The highest BCUT2D eigenvalue weighted by Gasteiger charge is 2.62. The van der Waals surface area contributed by atoms with E-state index in [4.69, 9.17) is 33.7 Å². The average Bonchev–Trinajstić information content (AvgIpc) is 3.67. The lowest BCUT2D eigenvalue weighted by atomic mass is 9.95. The van der Waals surface area contributed by atoms with E-state index in [1.807, 2.05) is 6.07 Å². The normalized spacial score (nSPS) is 21.4. The summed E-state index contributed by atoms with van der Waals surface area (Å²) in [4.78, 5) is 57.0. The number of benzene rings is 1. The van der Waals surface area contributed by atoms with Crippen LogP contribution >= 0.6 is 7.75 Å². The smallest absolute Gasteiger partial charge is 0.459 e. The van der Waals surface area contributed by atoms with Crippen LogP contribution in [-0.4, -0.2) is 94.0 Å². The highest BCUT2D eigenvalue weighted by molar-refractivity contribution is 7.52. The average molecular weight is 772 g/mol. The number of fused-ring (bicyclic) bond motifs is 1. The Morgan fingerprint density at radius 1 is 1.00 bits per heavy atom. The molecule has 3 aromatic rings. The number of amides is 1.